The fraction of sp³-hybridized carbons (Fsp3) is 0.727. The maximum absolute atomic E-state index is 11.5. The number of carbonyl (C=O) groups is 1. The zero-order valence-corrected chi connectivity index (χ0v) is 9.29. The second-order valence-electron chi connectivity index (χ2n) is 4.47. The summed E-state index contributed by atoms with van der Waals surface area (Å²) >= 11 is 0. The van der Waals surface area contributed by atoms with Gasteiger partial charge < -0.3 is 19.7 Å². The summed E-state index contributed by atoms with van der Waals surface area (Å²) in [5.74, 6) is -1.02. The van der Waals surface area contributed by atoms with Crippen molar-refractivity contribution in [2.75, 3.05) is 7.11 Å². The first-order valence-corrected chi connectivity index (χ1v) is 5.36. The van der Waals surface area contributed by atoms with Gasteiger partial charge in [-0.05, 0) is 12.3 Å². The van der Waals surface area contributed by atoms with E-state index in [2.05, 4.69) is 4.74 Å². The summed E-state index contributed by atoms with van der Waals surface area (Å²) in [6.45, 7) is 1.93. The highest BCUT2D eigenvalue weighted by Crippen LogP contribution is 2.45. The Morgan fingerprint density at radius 2 is 2.25 bits per heavy atom. The number of hydrogen-bond donors (Lipinski definition) is 2. The zero-order chi connectivity index (χ0) is 11.9. The molecule has 1 heterocycles. The lowest BCUT2D eigenvalue weighted by Crippen LogP contribution is -2.38. The molecule has 16 heavy (non-hydrogen) atoms. The molecule has 1 fully saturated rings. The third kappa shape index (κ3) is 1.60. The predicted molar refractivity (Wildman–Crippen MR) is 54.0 cm³/mol. The van der Waals surface area contributed by atoms with E-state index in [1.165, 1.54) is 13.4 Å². The van der Waals surface area contributed by atoms with E-state index in [4.69, 9.17) is 4.74 Å². The lowest BCUT2D eigenvalue weighted by atomic mass is 9.83. The average Bonchev–Trinajstić information content (AvgIpc) is 2.55. The van der Waals surface area contributed by atoms with Crippen LogP contribution in [-0.4, -0.2) is 35.7 Å². The third-order valence-electron chi connectivity index (χ3n) is 3.54. The number of carbonyl (C=O) groups excluding carboxylic acids is 1. The van der Waals surface area contributed by atoms with Crippen molar-refractivity contribution < 1.29 is 24.5 Å². The molecule has 5 nitrogen and oxygen atoms in total. The average molecular weight is 228 g/mol. The van der Waals surface area contributed by atoms with Crippen molar-refractivity contribution in [1.82, 2.24) is 0 Å². The van der Waals surface area contributed by atoms with E-state index in [-0.39, 0.29) is 17.8 Å². The Morgan fingerprint density at radius 3 is 2.88 bits per heavy atom. The maximum atomic E-state index is 11.5. The van der Waals surface area contributed by atoms with E-state index in [0.29, 0.717) is 12.0 Å². The molecular formula is C11H16O5. The van der Waals surface area contributed by atoms with Gasteiger partial charge in [0.2, 0.25) is 0 Å². The van der Waals surface area contributed by atoms with E-state index < -0.39 is 18.4 Å². The number of ether oxygens (including phenoxy) is 2. The quantitative estimate of drug-likeness (QED) is 0.619. The Kier molecular flexibility index (Phi) is 2.90. The van der Waals surface area contributed by atoms with Gasteiger partial charge in [0.25, 0.3) is 0 Å². The van der Waals surface area contributed by atoms with Crippen molar-refractivity contribution in [1.29, 1.82) is 0 Å². The molecule has 2 aliphatic rings. The van der Waals surface area contributed by atoms with E-state index in [9.17, 15) is 15.0 Å². The van der Waals surface area contributed by atoms with Crippen molar-refractivity contribution in [3.63, 3.8) is 0 Å². The topological polar surface area (TPSA) is 76.0 Å². The highest BCUT2D eigenvalue weighted by atomic mass is 16.6. The molecule has 0 aromatic rings. The van der Waals surface area contributed by atoms with Gasteiger partial charge in [-0.15, -0.1) is 0 Å². The van der Waals surface area contributed by atoms with Crippen LogP contribution in [0.1, 0.15) is 13.3 Å². The molecule has 0 aromatic heterocycles. The minimum absolute atomic E-state index is 0.114. The molecule has 2 rings (SSSR count). The van der Waals surface area contributed by atoms with Crippen molar-refractivity contribution in [3.8, 4) is 0 Å². The maximum Gasteiger partial charge on any atom is 0.337 e. The SMILES string of the molecule is COC(=O)C1=CO[C@H](O)[C@H]2[C@@H]1[C@H](O)C[C@@H]2C. The Hall–Kier alpha value is -1.07. The van der Waals surface area contributed by atoms with Gasteiger partial charge in [-0.2, -0.15) is 0 Å². The molecule has 5 atom stereocenters. The predicted octanol–water partition coefficient (Wildman–Crippen LogP) is 0.0250. The Morgan fingerprint density at radius 1 is 1.56 bits per heavy atom. The molecule has 2 N–H and O–H groups in total. The number of methoxy groups -OCH3 is 1. The molecule has 0 aromatic carbocycles. The summed E-state index contributed by atoms with van der Waals surface area (Å²) in [6, 6.07) is 0. The highest BCUT2D eigenvalue weighted by molar-refractivity contribution is 5.89. The van der Waals surface area contributed by atoms with Gasteiger partial charge in [-0.25, -0.2) is 4.79 Å². The summed E-state index contributed by atoms with van der Waals surface area (Å²) in [5.41, 5.74) is 0.314. The van der Waals surface area contributed by atoms with Crippen LogP contribution < -0.4 is 0 Å². The van der Waals surface area contributed by atoms with E-state index in [0.717, 1.165) is 0 Å². The minimum atomic E-state index is -0.953. The number of rotatable bonds is 1. The summed E-state index contributed by atoms with van der Waals surface area (Å²) in [5, 5.41) is 19.6. The van der Waals surface area contributed by atoms with Crippen molar-refractivity contribution in [3.05, 3.63) is 11.8 Å². The van der Waals surface area contributed by atoms with Crippen LogP contribution in [0.3, 0.4) is 0 Å². The normalized spacial score (nSPS) is 42.0. The molecule has 1 aliphatic heterocycles. The smallest absolute Gasteiger partial charge is 0.337 e. The Balaban J connectivity index is 2.31. The highest BCUT2D eigenvalue weighted by Gasteiger charge is 2.50. The summed E-state index contributed by atoms with van der Waals surface area (Å²) in [7, 11) is 1.29. The molecule has 0 saturated heterocycles. The molecule has 5 heteroatoms. The first kappa shape index (κ1) is 11.4. The largest absolute Gasteiger partial charge is 0.472 e. The summed E-state index contributed by atoms with van der Waals surface area (Å²) < 4.78 is 9.66. The van der Waals surface area contributed by atoms with E-state index in [1.54, 1.807) is 0 Å². The van der Waals surface area contributed by atoms with Crippen molar-refractivity contribution in [2.24, 2.45) is 17.8 Å². The van der Waals surface area contributed by atoms with Gasteiger partial charge in [-0.3, -0.25) is 0 Å². The third-order valence-corrected chi connectivity index (χ3v) is 3.54. The van der Waals surface area contributed by atoms with Crippen LogP contribution in [0.25, 0.3) is 0 Å². The number of aliphatic hydroxyl groups excluding tert-OH is 2. The van der Waals surface area contributed by atoms with Gasteiger partial charge >= 0.3 is 5.97 Å². The number of esters is 1. The van der Waals surface area contributed by atoms with E-state index >= 15 is 0 Å². The van der Waals surface area contributed by atoms with Gasteiger partial charge in [0.15, 0.2) is 6.29 Å². The molecule has 1 aliphatic carbocycles. The molecule has 0 radical (unpaired) electrons. The van der Waals surface area contributed by atoms with Crippen LogP contribution in [0.2, 0.25) is 0 Å². The Labute approximate surface area is 93.7 Å². The van der Waals surface area contributed by atoms with Crippen LogP contribution in [0.5, 0.6) is 0 Å². The summed E-state index contributed by atoms with van der Waals surface area (Å²) in [4.78, 5) is 11.5. The Bertz CT molecular complexity index is 324. The fourth-order valence-electron chi connectivity index (χ4n) is 2.78. The number of hydrogen-bond acceptors (Lipinski definition) is 5. The van der Waals surface area contributed by atoms with Crippen LogP contribution in [-0.2, 0) is 14.3 Å². The molecule has 90 valence electrons. The number of fused-ring (bicyclic) bond motifs is 1. The number of aliphatic hydroxyl groups is 2. The minimum Gasteiger partial charge on any atom is -0.472 e. The van der Waals surface area contributed by atoms with Gasteiger partial charge in [0.1, 0.15) is 0 Å². The lowest BCUT2D eigenvalue weighted by molar-refractivity contribution is -0.147. The molecule has 0 unspecified atom stereocenters. The van der Waals surface area contributed by atoms with Gasteiger partial charge in [-0.1, -0.05) is 6.92 Å². The molecule has 1 saturated carbocycles. The molecule has 0 spiro atoms. The summed E-state index contributed by atoms with van der Waals surface area (Å²) in [6.07, 6.45) is 0.192. The lowest BCUT2D eigenvalue weighted by Gasteiger charge is -2.32. The fourth-order valence-corrected chi connectivity index (χ4v) is 2.78. The molecule has 0 bridgehead atoms. The van der Waals surface area contributed by atoms with Gasteiger partial charge in [0, 0.05) is 11.8 Å². The van der Waals surface area contributed by atoms with E-state index in [1.807, 2.05) is 6.92 Å². The standard InChI is InChI=1S/C11H16O5/c1-5-3-7(12)9-6(10(13)15-2)4-16-11(14)8(5)9/h4-5,7-9,11-12,14H,3H2,1-2H3/t5-,7+,8+,9-,11-/m0/s1. The second-order valence-corrected chi connectivity index (χ2v) is 4.47. The van der Waals surface area contributed by atoms with Crippen molar-refractivity contribution >= 4 is 5.97 Å². The first-order valence-electron chi connectivity index (χ1n) is 5.36. The molecular weight excluding hydrogens is 212 g/mol. The molecule has 0 amide bonds. The van der Waals surface area contributed by atoms with Crippen molar-refractivity contribution in [2.45, 2.75) is 25.7 Å². The van der Waals surface area contributed by atoms with Crippen LogP contribution in [0.15, 0.2) is 11.8 Å². The van der Waals surface area contributed by atoms with Crippen LogP contribution in [0, 0.1) is 17.8 Å². The van der Waals surface area contributed by atoms with Crippen LogP contribution >= 0.6 is 0 Å². The second kappa shape index (κ2) is 4.07. The van der Waals surface area contributed by atoms with Crippen LogP contribution in [0.4, 0.5) is 0 Å². The zero-order valence-electron chi connectivity index (χ0n) is 9.29. The monoisotopic (exact) mass is 228 g/mol. The first-order chi connectivity index (χ1) is 7.56. The van der Waals surface area contributed by atoms with Gasteiger partial charge in [0.05, 0.1) is 25.0 Å².